The van der Waals surface area contributed by atoms with Gasteiger partial charge in [-0.2, -0.15) is 5.26 Å². The molecule has 1 aliphatic carbocycles. The summed E-state index contributed by atoms with van der Waals surface area (Å²) in [5.74, 6) is 1.19. The molecule has 33 heavy (non-hydrogen) atoms. The highest BCUT2D eigenvalue weighted by Gasteiger charge is 2.28. The van der Waals surface area contributed by atoms with Crippen molar-refractivity contribution in [3.05, 3.63) is 82.1 Å². The average Bonchev–Trinajstić information content (AvgIpc) is 3.17. The third-order valence-electron chi connectivity index (χ3n) is 6.26. The maximum atomic E-state index is 9.72. The second-order valence-corrected chi connectivity index (χ2v) is 8.86. The number of morpholine rings is 1. The van der Waals surface area contributed by atoms with E-state index >= 15 is 0 Å². The van der Waals surface area contributed by atoms with Gasteiger partial charge >= 0.3 is 0 Å². The Balaban J connectivity index is 1.82. The maximum Gasteiger partial charge on any atom is 0.133 e. The van der Waals surface area contributed by atoms with E-state index in [1.807, 2.05) is 32.2 Å². The van der Waals surface area contributed by atoms with Crippen molar-refractivity contribution in [3.63, 3.8) is 0 Å². The zero-order chi connectivity index (χ0) is 23.4. The molecule has 0 N–H and O–H groups in total. The first-order chi connectivity index (χ1) is 16.0. The average molecular weight is 464 g/mol. The van der Waals surface area contributed by atoms with Gasteiger partial charge in [-0.15, -0.1) is 0 Å². The largest absolute Gasteiger partial charge is 0.379 e. The maximum absolute atomic E-state index is 9.72. The molecule has 3 aliphatic rings. The summed E-state index contributed by atoms with van der Waals surface area (Å²) in [6, 6.07) is 2.32. The van der Waals surface area contributed by atoms with Crippen LogP contribution >= 0.6 is 11.6 Å². The number of hydrogen-bond donors (Lipinski definition) is 0. The van der Waals surface area contributed by atoms with Crippen LogP contribution in [0.5, 0.6) is 0 Å². The first kappa shape index (κ1) is 23.3. The van der Waals surface area contributed by atoms with Crippen molar-refractivity contribution >= 4 is 17.8 Å². The molecule has 0 saturated carbocycles. The number of rotatable bonds is 6. The van der Waals surface area contributed by atoms with Crippen molar-refractivity contribution in [2.24, 2.45) is 0 Å². The van der Waals surface area contributed by atoms with Crippen LogP contribution in [-0.2, 0) is 17.8 Å². The quantitative estimate of drug-likeness (QED) is 0.451. The minimum Gasteiger partial charge on any atom is -0.379 e. The minimum absolute atomic E-state index is 0.191. The Hall–Kier alpha value is -2.85. The highest BCUT2D eigenvalue weighted by molar-refractivity contribution is 6.31. The molecule has 1 unspecified atom stereocenters. The summed E-state index contributed by atoms with van der Waals surface area (Å²) >= 11 is 6.19. The zero-order valence-electron chi connectivity index (χ0n) is 19.3. The summed E-state index contributed by atoms with van der Waals surface area (Å²) in [6.45, 7) is 10.7. The van der Waals surface area contributed by atoms with E-state index < -0.39 is 0 Å². The van der Waals surface area contributed by atoms with E-state index in [4.69, 9.17) is 21.3 Å². The molecule has 4 rings (SSSR count). The molecule has 3 heterocycles. The van der Waals surface area contributed by atoms with Crippen LogP contribution in [0.25, 0.3) is 6.20 Å². The normalized spacial score (nSPS) is 21.9. The Morgan fingerprint density at radius 3 is 2.82 bits per heavy atom. The van der Waals surface area contributed by atoms with Crippen LogP contribution in [0, 0.1) is 11.3 Å². The molecule has 1 aromatic heterocycles. The molecule has 0 bridgehead atoms. The zero-order valence-corrected chi connectivity index (χ0v) is 20.1. The molecule has 1 atom stereocenters. The molecule has 6 nitrogen and oxygen atoms in total. The molecule has 0 aromatic carbocycles. The molecule has 1 aromatic rings. The Morgan fingerprint density at radius 2 is 2.18 bits per heavy atom. The Kier molecular flexibility index (Phi) is 7.34. The van der Waals surface area contributed by atoms with Gasteiger partial charge in [0.25, 0.3) is 0 Å². The summed E-state index contributed by atoms with van der Waals surface area (Å²) in [4.78, 5) is 9.67. The van der Waals surface area contributed by atoms with E-state index in [1.54, 1.807) is 6.08 Å². The number of nitriles is 1. The van der Waals surface area contributed by atoms with Gasteiger partial charge in [0.1, 0.15) is 5.82 Å². The molecule has 172 valence electrons. The number of nitrogens with zero attached hydrogens (tertiary/aromatic N) is 5. The molecule has 2 aliphatic heterocycles. The molecule has 0 amide bonds. The number of fused-ring (bicyclic) bond motifs is 1. The lowest BCUT2D eigenvalue weighted by atomic mass is 9.95. The van der Waals surface area contributed by atoms with E-state index in [9.17, 15) is 5.26 Å². The van der Waals surface area contributed by atoms with Crippen molar-refractivity contribution in [1.82, 2.24) is 19.4 Å². The number of imidazole rings is 1. The van der Waals surface area contributed by atoms with E-state index in [2.05, 4.69) is 45.4 Å². The van der Waals surface area contributed by atoms with Crippen molar-refractivity contribution in [1.29, 1.82) is 5.26 Å². The van der Waals surface area contributed by atoms with Gasteiger partial charge in [-0.05, 0) is 25.5 Å². The van der Waals surface area contributed by atoms with Gasteiger partial charge in [0.2, 0.25) is 0 Å². The van der Waals surface area contributed by atoms with Gasteiger partial charge in [-0.25, -0.2) is 4.98 Å². The summed E-state index contributed by atoms with van der Waals surface area (Å²) in [5.41, 5.74) is 4.66. The highest BCUT2D eigenvalue weighted by Crippen LogP contribution is 2.34. The standard InChI is InChI=1S/C26H30ClN5O/c1-4-6-20(15-28)22(5-2)23-17-32-24(16-31-11-13-33-14-12-31)26(29-25(32)18-30(23)3)19-7-9-21(27)10-8-19/h4-7,9-10,17,19H,2,8,11-14,16,18H2,1,3H3/b6-4-,22-20-. The lowest BCUT2D eigenvalue weighted by molar-refractivity contribution is 0.0333. The van der Waals surface area contributed by atoms with Crippen molar-refractivity contribution in [2.75, 3.05) is 33.4 Å². The monoisotopic (exact) mass is 463 g/mol. The summed E-state index contributed by atoms with van der Waals surface area (Å²) < 4.78 is 7.78. The molecular formula is C26H30ClN5O. The van der Waals surface area contributed by atoms with Gasteiger partial charge in [-0.3, -0.25) is 4.90 Å². The van der Waals surface area contributed by atoms with E-state index in [0.717, 1.165) is 67.1 Å². The van der Waals surface area contributed by atoms with Crippen molar-refractivity contribution in [3.8, 4) is 6.07 Å². The summed E-state index contributed by atoms with van der Waals surface area (Å²) in [5, 5.41) is 10.5. The molecule has 1 saturated heterocycles. The predicted octanol–water partition coefficient (Wildman–Crippen LogP) is 4.71. The fourth-order valence-corrected chi connectivity index (χ4v) is 4.68. The van der Waals surface area contributed by atoms with Crippen molar-refractivity contribution < 1.29 is 4.74 Å². The van der Waals surface area contributed by atoms with Crippen LogP contribution in [0.1, 0.15) is 36.5 Å². The molecule has 7 heteroatoms. The number of likely N-dealkylation sites (N-methyl/N-ethyl adjacent to an activating group) is 1. The predicted molar refractivity (Wildman–Crippen MR) is 132 cm³/mol. The number of halogens is 1. The smallest absolute Gasteiger partial charge is 0.133 e. The molecular weight excluding hydrogens is 434 g/mol. The van der Waals surface area contributed by atoms with E-state index in [-0.39, 0.29) is 5.92 Å². The lowest BCUT2D eigenvalue weighted by Crippen LogP contribution is -2.36. The first-order valence-electron chi connectivity index (χ1n) is 11.3. The first-order valence-corrected chi connectivity index (χ1v) is 11.7. The van der Waals surface area contributed by atoms with E-state index in [1.165, 1.54) is 5.69 Å². The lowest BCUT2D eigenvalue weighted by Gasteiger charge is -2.30. The Morgan fingerprint density at radius 1 is 1.39 bits per heavy atom. The molecule has 0 spiro atoms. The van der Waals surface area contributed by atoms with Gasteiger partial charge in [-0.1, -0.05) is 42.5 Å². The van der Waals surface area contributed by atoms with Gasteiger partial charge in [0.05, 0.1) is 48.5 Å². The third kappa shape index (κ3) is 4.91. The summed E-state index contributed by atoms with van der Waals surface area (Å²) in [7, 11) is 2.03. The van der Waals surface area contributed by atoms with E-state index in [0.29, 0.717) is 12.1 Å². The second kappa shape index (κ2) is 10.4. The van der Waals surface area contributed by atoms with Crippen LogP contribution < -0.4 is 0 Å². The highest BCUT2D eigenvalue weighted by atomic mass is 35.5. The van der Waals surface area contributed by atoms with Gasteiger partial charge in [0.15, 0.2) is 0 Å². The third-order valence-corrected chi connectivity index (χ3v) is 6.54. The number of hydrogen-bond acceptors (Lipinski definition) is 5. The van der Waals surface area contributed by atoms with Crippen molar-refractivity contribution in [2.45, 2.75) is 32.4 Å². The van der Waals surface area contributed by atoms with Crippen LogP contribution in [0.15, 0.2) is 64.9 Å². The fourth-order valence-electron chi connectivity index (χ4n) is 4.52. The Labute approximate surface area is 201 Å². The SMILES string of the molecule is C=C/C(C1=Cn2c(nc(C3C=CC(Cl)=CC3)c2CN2CCOCC2)CN1C)=C(C#N)\C=C/C. The van der Waals surface area contributed by atoms with Gasteiger partial charge in [0, 0.05) is 49.4 Å². The Bertz CT molecular complexity index is 1110. The minimum atomic E-state index is 0.191. The topological polar surface area (TPSA) is 57.3 Å². The van der Waals surface area contributed by atoms with Crippen LogP contribution in [0.3, 0.4) is 0 Å². The summed E-state index contributed by atoms with van der Waals surface area (Å²) in [6.07, 6.45) is 14.6. The van der Waals surface area contributed by atoms with Gasteiger partial charge < -0.3 is 14.2 Å². The fraction of sp³-hybridized carbons (Fsp3) is 0.385. The number of allylic oxidation sites excluding steroid dienone is 8. The van der Waals surface area contributed by atoms with Crippen LogP contribution in [0.4, 0.5) is 0 Å². The van der Waals surface area contributed by atoms with Crippen LogP contribution in [0.2, 0.25) is 0 Å². The molecule has 1 fully saturated rings. The molecule has 0 radical (unpaired) electrons. The van der Waals surface area contributed by atoms with Crippen LogP contribution in [-0.4, -0.2) is 52.7 Å². The number of aromatic nitrogens is 2. The number of ether oxygens (including phenoxy) is 1. The second-order valence-electron chi connectivity index (χ2n) is 8.42.